The Kier molecular flexibility index (Phi) is 4.58. The summed E-state index contributed by atoms with van der Waals surface area (Å²) < 4.78 is 6.20. The van der Waals surface area contributed by atoms with Crippen LogP contribution in [-0.4, -0.2) is 36.4 Å². The first kappa shape index (κ1) is 16.3. The molecule has 0 bridgehead atoms. The van der Waals surface area contributed by atoms with Gasteiger partial charge >= 0.3 is 0 Å². The van der Waals surface area contributed by atoms with Crippen LogP contribution in [-0.2, 0) is 6.54 Å². The molecule has 23 heavy (non-hydrogen) atoms. The van der Waals surface area contributed by atoms with Crippen molar-refractivity contribution in [2.45, 2.75) is 6.54 Å². The normalized spacial score (nSPS) is 17.6. The monoisotopic (exact) mass is 347 g/mol. The standard InChI is InChI=1S/C17H19ClN3OP/c1-19(2)23-20(3)16-11-7-5-9-14(16)17(22)21(23)12-13-8-4-6-10-15(13)18/h4-11H,12H2,1-3H3. The fourth-order valence-electron chi connectivity index (χ4n) is 2.82. The van der Waals surface area contributed by atoms with E-state index in [1.54, 1.807) is 0 Å². The summed E-state index contributed by atoms with van der Waals surface area (Å²) in [5, 5.41) is 0.690. The molecule has 1 unspecified atom stereocenters. The van der Waals surface area contributed by atoms with E-state index in [0.717, 1.165) is 16.8 Å². The third-order valence-corrected chi connectivity index (χ3v) is 6.43. The summed E-state index contributed by atoms with van der Waals surface area (Å²) in [5.74, 6) is 0.0541. The lowest BCUT2D eigenvalue weighted by atomic mass is 10.1. The predicted molar refractivity (Wildman–Crippen MR) is 96.8 cm³/mol. The molecule has 0 radical (unpaired) electrons. The van der Waals surface area contributed by atoms with Gasteiger partial charge in [-0.15, -0.1) is 0 Å². The summed E-state index contributed by atoms with van der Waals surface area (Å²) in [5.41, 5.74) is 2.68. The Balaban J connectivity index is 2.04. The number of halogens is 1. The van der Waals surface area contributed by atoms with Crippen molar-refractivity contribution in [2.75, 3.05) is 25.8 Å². The minimum absolute atomic E-state index is 0.0541. The molecule has 1 amide bonds. The van der Waals surface area contributed by atoms with Crippen molar-refractivity contribution in [3.05, 3.63) is 64.7 Å². The molecule has 1 atom stereocenters. The van der Waals surface area contributed by atoms with Gasteiger partial charge in [-0.1, -0.05) is 41.9 Å². The van der Waals surface area contributed by atoms with Gasteiger partial charge in [-0.25, -0.2) is 0 Å². The van der Waals surface area contributed by atoms with E-state index in [1.807, 2.05) is 74.3 Å². The van der Waals surface area contributed by atoms with Crippen LogP contribution in [0.5, 0.6) is 0 Å². The van der Waals surface area contributed by atoms with Crippen LogP contribution in [0, 0.1) is 0 Å². The number of para-hydroxylation sites is 1. The number of nitrogens with zero attached hydrogens (tertiary/aromatic N) is 3. The summed E-state index contributed by atoms with van der Waals surface area (Å²) >= 11 is 6.30. The van der Waals surface area contributed by atoms with Crippen molar-refractivity contribution < 1.29 is 4.79 Å². The van der Waals surface area contributed by atoms with Gasteiger partial charge in [0.1, 0.15) is 0 Å². The fourth-order valence-corrected chi connectivity index (χ4v) is 5.23. The van der Waals surface area contributed by atoms with Crippen LogP contribution in [0.3, 0.4) is 0 Å². The molecule has 1 aliphatic rings. The van der Waals surface area contributed by atoms with Gasteiger partial charge in [0.2, 0.25) is 0 Å². The lowest BCUT2D eigenvalue weighted by Gasteiger charge is -2.45. The molecule has 0 spiro atoms. The first-order valence-corrected chi connectivity index (χ1v) is 8.93. The van der Waals surface area contributed by atoms with Gasteiger partial charge in [0.15, 0.2) is 8.37 Å². The number of benzene rings is 2. The molecule has 0 N–H and O–H groups in total. The average Bonchev–Trinajstić information content (AvgIpc) is 2.54. The van der Waals surface area contributed by atoms with Gasteiger partial charge in [0.25, 0.3) is 5.91 Å². The third kappa shape index (κ3) is 2.94. The van der Waals surface area contributed by atoms with Gasteiger partial charge in [-0.2, -0.15) is 0 Å². The number of anilines is 1. The van der Waals surface area contributed by atoms with E-state index in [-0.39, 0.29) is 5.91 Å². The van der Waals surface area contributed by atoms with Gasteiger partial charge in [0.05, 0.1) is 17.8 Å². The number of carbonyl (C=O) groups excluding carboxylic acids is 1. The Bertz CT molecular complexity index is 737. The van der Waals surface area contributed by atoms with Gasteiger partial charge < -0.3 is 4.67 Å². The van der Waals surface area contributed by atoms with E-state index in [0.29, 0.717) is 11.6 Å². The molecular formula is C17H19ClN3OP. The molecule has 0 aromatic heterocycles. The molecule has 3 rings (SSSR count). The summed E-state index contributed by atoms with van der Waals surface area (Å²) in [4.78, 5) is 13.0. The summed E-state index contributed by atoms with van der Waals surface area (Å²) in [6.07, 6.45) is 0. The van der Waals surface area contributed by atoms with Crippen molar-refractivity contribution in [2.24, 2.45) is 0 Å². The fraction of sp³-hybridized carbons (Fsp3) is 0.235. The van der Waals surface area contributed by atoms with Crippen molar-refractivity contribution in [1.29, 1.82) is 0 Å². The highest BCUT2D eigenvalue weighted by Crippen LogP contribution is 2.53. The van der Waals surface area contributed by atoms with Gasteiger partial charge in [-0.05, 0) is 37.9 Å². The molecule has 0 fully saturated rings. The van der Waals surface area contributed by atoms with Crippen LogP contribution >= 0.6 is 20.0 Å². The Hall–Kier alpha value is -1.61. The highest BCUT2D eigenvalue weighted by Gasteiger charge is 2.38. The number of hydrogen-bond donors (Lipinski definition) is 0. The average molecular weight is 348 g/mol. The third-order valence-electron chi connectivity index (χ3n) is 3.84. The second-order valence-electron chi connectivity index (χ2n) is 5.61. The number of hydrogen-bond acceptors (Lipinski definition) is 3. The number of fused-ring (bicyclic) bond motifs is 1. The molecule has 2 aromatic rings. The van der Waals surface area contributed by atoms with Crippen molar-refractivity contribution in [3.63, 3.8) is 0 Å². The highest BCUT2D eigenvalue weighted by molar-refractivity contribution is 7.55. The lowest BCUT2D eigenvalue weighted by molar-refractivity contribution is 0.0850. The smallest absolute Gasteiger partial charge is 0.261 e. The molecule has 120 valence electrons. The second kappa shape index (κ2) is 6.48. The molecular weight excluding hydrogens is 329 g/mol. The van der Waals surface area contributed by atoms with Crippen LogP contribution in [0.15, 0.2) is 48.5 Å². The maximum atomic E-state index is 13.0. The van der Waals surface area contributed by atoms with E-state index in [1.165, 1.54) is 0 Å². The van der Waals surface area contributed by atoms with Crippen molar-refractivity contribution in [3.8, 4) is 0 Å². The minimum atomic E-state index is -0.926. The highest BCUT2D eigenvalue weighted by atomic mass is 35.5. The van der Waals surface area contributed by atoms with E-state index in [4.69, 9.17) is 11.6 Å². The molecule has 4 nitrogen and oxygen atoms in total. The van der Waals surface area contributed by atoms with E-state index in [2.05, 4.69) is 9.34 Å². The Morgan fingerprint density at radius 1 is 1.09 bits per heavy atom. The number of amides is 1. The van der Waals surface area contributed by atoms with Crippen molar-refractivity contribution >= 4 is 31.6 Å². The number of carbonyl (C=O) groups is 1. The molecule has 2 aromatic carbocycles. The maximum absolute atomic E-state index is 13.0. The molecule has 1 heterocycles. The van der Waals surface area contributed by atoms with Crippen molar-refractivity contribution in [1.82, 2.24) is 9.34 Å². The predicted octanol–water partition coefficient (Wildman–Crippen LogP) is 4.22. The molecule has 0 saturated heterocycles. The Labute approximate surface area is 143 Å². The number of rotatable bonds is 3. The summed E-state index contributed by atoms with van der Waals surface area (Å²) in [7, 11) is 5.12. The second-order valence-corrected chi connectivity index (χ2v) is 8.44. The molecule has 1 aliphatic heterocycles. The molecule has 6 heteroatoms. The van der Waals surface area contributed by atoms with Gasteiger partial charge in [0, 0.05) is 12.1 Å². The SMILES string of the molecule is CN(C)P1N(Cc2ccccc2Cl)C(=O)c2ccccc2N1C. The van der Waals surface area contributed by atoms with Crippen LogP contribution in [0.1, 0.15) is 15.9 Å². The largest absolute Gasteiger partial charge is 0.324 e. The summed E-state index contributed by atoms with van der Waals surface area (Å²) in [6, 6.07) is 15.4. The van der Waals surface area contributed by atoms with Crippen LogP contribution in [0.2, 0.25) is 5.02 Å². The Morgan fingerprint density at radius 3 is 2.43 bits per heavy atom. The Morgan fingerprint density at radius 2 is 1.74 bits per heavy atom. The zero-order chi connectivity index (χ0) is 16.6. The minimum Gasteiger partial charge on any atom is -0.324 e. The van der Waals surface area contributed by atoms with Crippen LogP contribution in [0.25, 0.3) is 0 Å². The van der Waals surface area contributed by atoms with E-state index in [9.17, 15) is 4.79 Å². The van der Waals surface area contributed by atoms with Crippen LogP contribution < -0.4 is 4.67 Å². The zero-order valence-corrected chi connectivity index (χ0v) is 15.1. The molecule has 0 aliphatic carbocycles. The quantitative estimate of drug-likeness (QED) is 0.778. The summed E-state index contributed by atoms with van der Waals surface area (Å²) in [6.45, 7) is 0.501. The first-order chi connectivity index (χ1) is 11.0. The zero-order valence-electron chi connectivity index (χ0n) is 13.4. The van der Waals surface area contributed by atoms with E-state index >= 15 is 0 Å². The van der Waals surface area contributed by atoms with E-state index < -0.39 is 8.37 Å². The molecule has 0 saturated carbocycles. The lowest BCUT2D eigenvalue weighted by Crippen LogP contribution is -2.41. The first-order valence-electron chi connectivity index (χ1n) is 7.36. The maximum Gasteiger partial charge on any atom is 0.261 e. The topological polar surface area (TPSA) is 26.8 Å². The van der Waals surface area contributed by atoms with Gasteiger partial charge in [-0.3, -0.25) is 14.1 Å². The van der Waals surface area contributed by atoms with Crippen LogP contribution in [0.4, 0.5) is 5.69 Å².